The quantitative estimate of drug-likeness (QED) is 0.396. The van der Waals surface area contributed by atoms with Crippen LogP contribution in [0.25, 0.3) is 10.9 Å². The van der Waals surface area contributed by atoms with E-state index in [0.29, 0.717) is 29.5 Å². The third-order valence-electron chi connectivity index (χ3n) is 7.94. The third kappa shape index (κ3) is 7.11. The summed E-state index contributed by atoms with van der Waals surface area (Å²) >= 11 is 2.08. The van der Waals surface area contributed by atoms with Gasteiger partial charge in [0.15, 0.2) is 0 Å². The van der Waals surface area contributed by atoms with E-state index >= 15 is 0 Å². The Morgan fingerprint density at radius 2 is 2.06 bits per heavy atom. The van der Waals surface area contributed by atoms with Crippen molar-refractivity contribution in [2.45, 2.75) is 69.1 Å². The number of pyridine rings is 1. The second-order valence-corrected chi connectivity index (χ2v) is 11.7. The largest absolute Gasteiger partial charge is 0.497 e. The summed E-state index contributed by atoms with van der Waals surface area (Å²) in [6.07, 6.45) is 8.99. The van der Waals surface area contributed by atoms with Gasteiger partial charge >= 0.3 is 5.97 Å². The number of fused-ring (bicyclic) bond motifs is 1. The molecule has 1 saturated carbocycles. The Labute approximate surface area is 217 Å². The Morgan fingerprint density at radius 1 is 1.25 bits per heavy atom. The van der Waals surface area contributed by atoms with E-state index in [1.54, 1.807) is 25.3 Å². The van der Waals surface area contributed by atoms with Crippen LogP contribution in [0.4, 0.5) is 4.39 Å². The molecule has 4 rings (SSSR count). The maximum absolute atomic E-state index is 14.8. The molecule has 1 aliphatic carbocycles. The van der Waals surface area contributed by atoms with Crippen LogP contribution in [-0.4, -0.2) is 63.8 Å². The molecule has 198 valence electrons. The first-order valence-corrected chi connectivity index (χ1v) is 14.4. The van der Waals surface area contributed by atoms with Crippen molar-refractivity contribution in [3.8, 4) is 5.75 Å². The number of methoxy groups -OCH3 is 1. The number of aliphatic hydroxyl groups excluding tert-OH is 1. The zero-order chi connectivity index (χ0) is 25.5. The first-order chi connectivity index (χ1) is 17.4. The van der Waals surface area contributed by atoms with Crippen molar-refractivity contribution < 1.29 is 24.1 Å². The van der Waals surface area contributed by atoms with Crippen molar-refractivity contribution in [2.24, 2.45) is 11.8 Å². The highest BCUT2D eigenvalue weighted by atomic mass is 32.2. The Bertz CT molecular complexity index is 1020. The number of nitrogens with zero attached hydrogens (tertiary/aromatic N) is 2. The van der Waals surface area contributed by atoms with Crippen molar-refractivity contribution in [2.75, 3.05) is 32.5 Å². The number of piperidine rings is 1. The Morgan fingerprint density at radius 3 is 2.81 bits per heavy atom. The monoisotopic (exact) mass is 518 g/mol. The van der Waals surface area contributed by atoms with Crippen LogP contribution < -0.4 is 4.74 Å². The van der Waals surface area contributed by atoms with Gasteiger partial charge in [-0.15, -0.1) is 0 Å². The van der Waals surface area contributed by atoms with Gasteiger partial charge in [0.05, 0.1) is 24.9 Å². The van der Waals surface area contributed by atoms with E-state index in [4.69, 9.17) is 4.74 Å². The van der Waals surface area contributed by atoms with Crippen LogP contribution in [0.15, 0.2) is 24.4 Å². The molecule has 1 aromatic heterocycles. The summed E-state index contributed by atoms with van der Waals surface area (Å²) in [6.45, 7) is 2.73. The molecule has 0 unspecified atom stereocenters. The van der Waals surface area contributed by atoms with Gasteiger partial charge in [-0.25, -0.2) is 4.39 Å². The summed E-state index contributed by atoms with van der Waals surface area (Å²) < 4.78 is 20.1. The number of ether oxygens (including phenoxy) is 1. The maximum atomic E-state index is 14.8. The number of likely N-dealkylation sites (tertiary alicyclic amines) is 1. The number of aliphatic hydroxyl groups is 1. The van der Waals surface area contributed by atoms with Gasteiger partial charge in [-0.3, -0.25) is 9.78 Å². The van der Waals surface area contributed by atoms with E-state index in [-0.39, 0.29) is 23.8 Å². The SMILES string of the molecule is COc1ccc2ncc(F)c([C@@H](O)CC[C@@H]3CCN(CCSC4CCCCC4)C[C@@H]3CC(=O)O)c2c1. The molecular weight excluding hydrogens is 479 g/mol. The molecule has 1 saturated heterocycles. The summed E-state index contributed by atoms with van der Waals surface area (Å²) in [5.74, 6) is 0.619. The van der Waals surface area contributed by atoms with Gasteiger partial charge < -0.3 is 19.8 Å². The number of aliphatic carboxylic acids is 1. The Kier molecular flexibility index (Phi) is 9.85. The van der Waals surface area contributed by atoms with Gasteiger partial charge in [-0.2, -0.15) is 11.8 Å². The van der Waals surface area contributed by atoms with Gasteiger partial charge in [0, 0.05) is 41.5 Å². The minimum absolute atomic E-state index is 0.0438. The van der Waals surface area contributed by atoms with Crippen LogP contribution in [0, 0.1) is 17.7 Å². The molecule has 6 nitrogen and oxygen atoms in total. The first-order valence-electron chi connectivity index (χ1n) is 13.3. The first kappa shape index (κ1) is 27.1. The fourth-order valence-corrected chi connectivity index (χ4v) is 7.29. The number of thioether (sulfide) groups is 1. The number of aromatic nitrogens is 1. The fourth-order valence-electron chi connectivity index (χ4n) is 5.92. The van der Waals surface area contributed by atoms with Crippen molar-refractivity contribution in [3.05, 3.63) is 35.8 Å². The number of hydrogen-bond donors (Lipinski definition) is 2. The van der Waals surface area contributed by atoms with Gasteiger partial charge in [-0.1, -0.05) is 19.3 Å². The molecule has 0 amide bonds. The average molecular weight is 519 g/mol. The minimum Gasteiger partial charge on any atom is -0.497 e. The molecule has 1 aromatic carbocycles. The van der Waals surface area contributed by atoms with Crippen LogP contribution in [0.3, 0.4) is 0 Å². The van der Waals surface area contributed by atoms with E-state index < -0.39 is 17.9 Å². The second kappa shape index (κ2) is 13.1. The van der Waals surface area contributed by atoms with Crippen LogP contribution in [0.2, 0.25) is 0 Å². The van der Waals surface area contributed by atoms with Gasteiger partial charge in [0.2, 0.25) is 0 Å². The molecule has 1 aliphatic heterocycles. The summed E-state index contributed by atoms with van der Waals surface area (Å²) in [5.41, 5.74) is 0.847. The number of benzene rings is 1. The normalized spacial score (nSPS) is 22.5. The highest BCUT2D eigenvalue weighted by Gasteiger charge is 2.31. The molecule has 0 spiro atoms. The molecule has 2 fully saturated rings. The van der Waals surface area contributed by atoms with Crippen LogP contribution in [0.1, 0.15) is 69.5 Å². The molecule has 0 radical (unpaired) electrons. The zero-order valence-corrected chi connectivity index (χ0v) is 22.0. The molecule has 36 heavy (non-hydrogen) atoms. The standard InChI is InChI=1S/C28H39FN2O4S/c1-35-21-8-9-25-23(16-21)28(24(29)17-30-25)26(32)10-7-19-11-12-31(18-20(19)15-27(33)34)13-14-36-22-5-3-2-4-6-22/h8-9,16-17,19-20,22,26,32H,2-7,10-15,18H2,1H3,(H,33,34)/t19-,20+,26+/m1/s1. The van der Waals surface area contributed by atoms with E-state index in [0.717, 1.165) is 43.3 Å². The molecule has 2 aliphatic rings. The van der Waals surface area contributed by atoms with Crippen molar-refractivity contribution >= 4 is 28.6 Å². The number of rotatable bonds is 11. The van der Waals surface area contributed by atoms with Crippen molar-refractivity contribution in [1.29, 1.82) is 0 Å². The second-order valence-electron chi connectivity index (χ2n) is 10.3. The number of carboxylic acid groups (broad SMARTS) is 1. The molecule has 2 N–H and O–H groups in total. The number of halogens is 1. The fraction of sp³-hybridized carbons (Fsp3) is 0.643. The van der Waals surface area contributed by atoms with Gasteiger partial charge in [0.25, 0.3) is 0 Å². The lowest BCUT2D eigenvalue weighted by atomic mass is 9.79. The zero-order valence-electron chi connectivity index (χ0n) is 21.2. The molecule has 8 heteroatoms. The maximum Gasteiger partial charge on any atom is 0.303 e. The Balaban J connectivity index is 1.35. The molecule has 2 aromatic rings. The summed E-state index contributed by atoms with van der Waals surface area (Å²) in [7, 11) is 1.55. The Hall–Kier alpha value is -1.90. The topological polar surface area (TPSA) is 82.9 Å². The summed E-state index contributed by atoms with van der Waals surface area (Å²) in [4.78, 5) is 18.2. The molecular formula is C28H39FN2O4S. The van der Waals surface area contributed by atoms with Gasteiger partial charge in [0.1, 0.15) is 11.6 Å². The lowest BCUT2D eigenvalue weighted by Gasteiger charge is -2.38. The van der Waals surface area contributed by atoms with Crippen LogP contribution >= 0.6 is 11.8 Å². The van der Waals surface area contributed by atoms with E-state index in [2.05, 4.69) is 21.6 Å². The average Bonchev–Trinajstić information content (AvgIpc) is 2.88. The van der Waals surface area contributed by atoms with Crippen molar-refractivity contribution in [3.63, 3.8) is 0 Å². The lowest BCUT2D eigenvalue weighted by Crippen LogP contribution is -2.42. The highest BCUT2D eigenvalue weighted by Crippen LogP contribution is 2.36. The minimum atomic E-state index is -0.988. The van der Waals surface area contributed by atoms with Crippen molar-refractivity contribution in [1.82, 2.24) is 9.88 Å². The molecule has 0 bridgehead atoms. The van der Waals surface area contributed by atoms with Crippen LogP contribution in [0.5, 0.6) is 5.75 Å². The summed E-state index contributed by atoms with van der Waals surface area (Å²) in [5, 5.41) is 21.9. The third-order valence-corrected chi connectivity index (χ3v) is 9.30. The smallest absolute Gasteiger partial charge is 0.303 e. The number of carboxylic acids is 1. The highest BCUT2D eigenvalue weighted by molar-refractivity contribution is 7.99. The predicted octanol–water partition coefficient (Wildman–Crippen LogP) is 5.67. The van der Waals surface area contributed by atoms with E-state index in [1.165, 1.54) is 32.1 Å². The number of hydrogen-bond acceptors (Lipinski definition) is 6. The van der Waals surface area contributed by atoms with Crippen LogP contribution in [-0.2, 0) is 4.79 Å². The number of carbonyl (C=O) groups is 1. The predicted molar refractivity (Wildman–Crippen MR) is 142 cm³/mol. The molecule has 2 heterocycles. The van der Waals surface area contributed by atoms with E-state index in [1.807, 2.05) is 0 Å². The van der Waals surface area contributed by atoms with E-state index in [9.17, 15) is 19.4 Å². The summed E-state index contributed by atoms with van der Waals surface area (Å²) in [6, 6.07) is 5.23. The molecule has 3 atom stereocenters. The lowest BCUT2D eigenvalue weighted by molar-refractivity contribution is -0.139. The van der Waals surface area contributed by atoms with Gasteiger partial charge in [-0.05, 0) is 68.7 Å².